The molecule has 1 aliphatic rings. The Hall–Kier alpha value is -2.77. The van der Waals surface area contributed by atoms with Gasteiger partial charge in [-0.05, 0) is 35.9 Å². The van der Waals surface area contributed by atoms with Crippen LogP contribution in [0.4, 0.5) is 5.95 Å². The van der Waals surface area contributed by atoms with Gasteiger partial charge in [-0.2, -0.15) is 0 Å². The highest BCUT2D eigenvalue weighted by molar-refractivity contribution is 6.42. The van der Waals surface area contributed by atoms with Crippen LogP contribution in [0.1, 0.15) is 15.9 Å². The van der Waals surface area contributed by atoms with Crippen molar-refractivity contribution in [1.29, 1.82) is 0 Å². The van der Waals surface area contributed by atoms with Crippen molar-refractivity contribution in [2.75, 3.05) is 12.1 Å². The molecule has 1 amide bonds. The maximum atomic E-state index is 12.3. The fraction of sp³-hybridized carbons (Fsp3) is 0.118. The van der Waals surface area contributed by atoms with Crippen LogP contribution in [0.2, 0.25) is 10.0 Å². The van der Waals surface area contributed by atoms with Crippen LogP contribution >= 0.6 is 23.2 Å². The van der Waals surface area contributed by atoms with E-state index in [0.717, 1.165) is 5.56 Å². The third-order valence-electron chi connectivity index (χ3n) is 3.73. The molecule has 0 atom stereocenters. The van der Waals surface area contributed by atoms with E-state index in [1.807, 2.05) is 6.07 Å². The third-order valence-corrected chi connectivity index (χ3v) is 4.46. The van der Waals surface area contributed by atoms with Gasteiger partial charge in [0.25, 0.3) is 5.91 Å². The molecular formula is C17H12Cl2N4O3. The summed E-state index contributed by atoms with van der Waals surface area (Å²) in [4.78, 5) is 16.4. The molecule has 0 saturated heterocycles. The van der Waals surface area contributed by atoms with Gasteiger partial charge in [-0.25, -0.2) is 9.67 Å². The molecule has 9 heteroatoms. The number of amides is 1. The minimum Gasteiger partial charge on any atom is -0.454 e. The molecule has 3 aromatic rings. The van der Waals surface area contributed by atoms with E-state index in [-0.39, 0.29) is 18.6 Å². The first-order chi connectivity index (χ1) is 12.6. The Balaban J connectivity index is 1.44. The van der Waals surface area contributed by atoms with Gasteiger partial charge in [0.2, 0.25) is 12.7 Å². The normalized spacial score (nSPS) is 12.2. The lowest BCUT2D eigenvalue weighted by molar-refractivity contribution is 0.102. The fourth-order valence-corrected chi connectivity index (χ4v) is 2.79. The molecule has 1 aliphatic heterocycles. The molecule has 0 bridgehead atoms. The zero-order valence-electron chi connectivity index (χ0n) is 13.3. The maximum Gasteiger partial charge on any atom is 0.258 e. The van der Waals surface area contributed by atoms with Gasteiger partial charge in [0.15, 0.2) is 11.5 Å². The summed E-state index contributed by atoms with van der Waals surface area (Å²) in [6.07, 6.45) is 1.53. The highest BCUT2D eigenvalue weighted by atomic mass is 35.5. The van der Waals surface area contributed by atoms with Crippen LogP contribution < -0.4 is 14.8 Å². The van der Waals surface area contributed by atoms with E-state index in [0.29, 0.717) is 33.7 Å². The molecule has 0 fully saturated rings. The Morgan fingerprint density at radius 3 is 2.81 bits per heavy atom. The number of fused-ring (bicyclic) bond motifs is 1. The van der Waals surface area contributed by atoms with Crippen molar-refractivity contribution in [3.8, 4) is 11.5 Å². The van der Waals surface area contributed by atoms with Crippen LogP contribution in [0.3, 0.4) is 0 Å². The van der Waals surface area contributed by atoms with Gasteiger partial charge < -0.3 is 9.47 Å². The molecule has 1 aromatic heterocycles. The molecule has 2 aromatic carbocycles. The van der Waals surface area contributed by atoms with Crippen LogP contribution in [-0.2, 0) is 6.54 Å². The van der Waals surface area contributed by atoms with Crippen molar-refractivity contribution in [2.24, 2.45) is 0 Å². The van der Waals surface area contributed by atoms with Crippen LogP contribution in [0.15, 0.2) is 42.7 Å². The van der Waals surface area contributed by atoms with Gasteiger partial charge in [-0.15, -0.1) is 5.10 Å². The quantitative estimate of drug-likeness (QED) is 0.735. The molecule has 2 heterocycles. The first kappa shape index (κ1) is 16.7. The van der Waals surface area contributed by atoms with E-state index in [1.165, 1.54) is 6.33 Å². The monoisotopic (exact) mass is 390 g/mol. The van der Waals surface area contributed by atoms with Gasteiger partial charge in [0.1, 0.15) is 6.33 Å². The lowest BCUT2D eigenvalue weighted by Gasteiger charge is -2.04. The topological polar surface area (TPSA) is 78.3 Å². The molecule has 26 heavy (non-hydrogen) atoms. The van der Waals surface area contributed by atoms with Gasteiger partial charge in [0.05, 0.1) is 16.6 Å². The van der Waals surface area contributed by atoms with E-state index < -0.39 is 0 Å². The van der Waals surface area contributed by atoms with Crippen molar-refractivity contribution in [1.82, 2.24) is 14.8 Å². The highest BCUT2D eigenvalue weighted by Crippen LogP contribution is 2.32. The number of rotatable bonds is 4. The predicted molar refractivity (Wildman–Crippen MR) is 96.1 cm³/mol. The summed E-state index contributed by atoms with van der Waals surface area (Å²) >= 11 is 11.9. The minimum absolute atomic E-state index is 0.154. The second kappa shape index (κ2) is 6.86. The van der Waals surface area contributed by atoms with Crippen molar-refractivity contribution in [3.05, 3.63) is 63.9 Å². The standard InChI is InChI=1S/C17H12Cl2N4O3/c18-12-3-1-10(5-13(12)19)7-23-8-20-17(22-23)21-16(24)11-2-4-14-15(6-11)26-9-25-14/h1-6,8H,7,9H2,(H,21,22,24). The number of hydrogen-bond acceptors (Lipinski definition) is 5. The summed E-state index contributed by atoms with van der Waals surface area (Å²) < 4.78 is 12.1. The highest BCUT2D eigenvalue weighted by Gasteiger charge is 2.17. The van der Waals surface area contributed by atoms with Crippen molar-refractivity contribution >= 4 is 35.1 Å². The average Bonchev–Trinajstić information content (AvgIpc) is 3.26. The third kappa shape index (κ3) is 3.44. The molecule has 7 nitrogen and oxygen atoms in total. The first-order valence-electron chi connectivity index (χ1n) is 7.63. The minimum atomic E-state index is -0.337. The van der Waals surface area contributed by atoms with E-state index >= 15 is 0 Å². The number of nitrogens with zero attached hydrogens (tertiary/aromatic N) is 3. The molecule has 0 saturated carbocycles. The number of aromatic nitrogens is 3. The van der Waals surface area contributed by atoms with Crippen molar-refractivity contribution in [3.63, 3.8) is 0 Å². The van der Waals surface area contributed by atoms with Crippen molar-refractivity contribution < 1.29 is 14.3 Å². The summed E-state index contributed by atoms with van der Waals surface area (Å²) in [6.45, 7) is 0.602. The number of anilines is 1. The van der Waals surface area contributed by atoms with Gasteiger partial charge in [0, 0.05) is 5.56 Å². The number of ether oxygens (including phenoxy) is 2. The lowest BCUT2D eigenvalue weighted by Crippen LogP contribution is -2.13. The summed E-state index contributed by atoms with van der Waals surface area (Å²) in [7, 11) is 0. The van der Waals surface area contributed by atoms with E-state index in [1.54, 1.807) is 35.0 Å². The molecule has 0 radical (unpaired) electrons. The molecule has 1 N–H and O–H groups in total. The van der Waals surface area contributed by atoms with Crippen LogP contribution in [0.5, 0.6) is 11.5 Å². The van der Waals surface area contributed by atoms with Crippen LogP contribution in [-0.4, -0.2) is 27.5 Å². The second-order valence-corrected chi connectivity index (χ2v) is 6.35. The number of carbonyl (C=O) groups is 1. The lowest BCUT2D eigenvalue weighted by atomic mass is 10.2. The summed E-state index contributed by atoms with van der Waals surface area (Å²) in [6, 6.07) is 10.3. The summed E-state index contributed by atoms with van der Waals surface area (Å²) in [5.41, 5.74) is 1.34. The Morgan fingerprint density at radius 1 is 1.12 bits per heavy atom. The average molecular weight is 391 g/mol. The Morgan fingerprint density at radius 2 is 1.96 bits per heavy atom. The summed E-state index contributed by atoms with van der Waals surface area (Å²) in [5.74, 6) is 1.02. The van der Waals surface area contributed by atoms with Gasteiger partial charge in [-0.3, -0.25) is 10.1 Å². The number of hydrogen-bond donors (Lipinski definition) is 1. The molecule has 0 unspecified atom stereocenters. The molecule has 0 spiro atoms. The smallest absolute Gasteiger partial charge is 0.258 e. The zero-order chi connectivity index (χ0) is 18.1. The SMILES string of the molecule is O=C(Nc1ncn(Cc2ccc(Cl)c(Cl)c2)n1)c1ccc2c(c1)OCO2. The Labute approximate surface area is 158 Å². The van der Waals surface area contributed by atoms with E-state index in [2.05, 4.69) is 15.4 Å². The van der Waals surface area contributed by atoms with Gasteiger partial charge in [-0.1, -0.05) is 29.3 Å². The summed E-state index contributed by atoms with van der Waals surface area (Å²) in [5, 5.41) is 7.85. The van der Waals surface area contributed by atoms with Crippen LogP contribution in [0, 0.1) is 0 Å². The molecule has 4 rings (SSSR count). The predicted octanol–water partition coefficient (Wildman–Crippen LogP) is 3.61. The second-order valence-electron chi connectivity index (χ2n) is 5.54. The zero-order valence-corrected chi connectivity index (χ0v) is 14.8. The van der Waals surface area contributed by atoms with Crippen molar-refractivity contribution in [2.45, 2.75) is 6.54 Å². The number of nitrogens with one attached hydrogen (secondary N) is 1. The molecule has 0 aliphatic carbocycles. The first-order valence-corrected chi connectivity index (χ1v) is 8.38. The fourth-order valence-electron chi connectivity index (χ4n) is 2.46. The van der Waals surface area contributed by atoms with E-state index in [9.17, 15) is 4.79 Å². The van der Waals surface area contributed by atoms with Gasteiger partial charge >= 0.3 is 0 Å². The molecule has 132 valence electrons. The van der Waals surface area contributed by atoms with Crippen LogP contribution in [0.25, 0.3) is 0 Å². The van der Waals surface area contributed by atoms with E-state index in [4.69, 9.17) is 32.7 Å². The number of carbonyl (C=O) groups excluding carboxylic acids is 1. The Bertz CT molecular complexity index is 990. The Kier molecular flexibility index (Phi) is 4.40. The maximum absolute atomic E-state index is 12.3. The largest absolute Gasteiger partial charge is 0.454 e. The number of halogens is 2. The molecular weight excluding hydrogens is 379 g/mol. The number of benzene rings is 2.